The molecule has 0 fully saturated rings. The van der Waals surface area contributed by atoms with Crippen molar-refractivity contribution in [3.8, 4) is 11.8 Å². The van der Waals surface area contributed by atoms with Crippen LogP contribution in [0.5, 0.6) is 5.75 Å². The van der Waals surface area contributed by atoms with E-state index < -0.39 is 4.92 Å². The van der Waals surface area contributed by atoms with E-state index in [1.54, 1.807) is 7.11 Å². The van der Waals surface area contributed by atoms with Crippen LogP contribution in [0.1, 0.15) is 11.1 Å². The van der Waals surface area contributed by atoms with E-state index in [1.165, 1.54) is 18.2 Å². The summed E-state index contributed by atoms with van der Waals surface area (Å²) in [6.07, 6.45) is 0. The van der Waals surface area contributed by atoms with Gasteiger partial charge in [-0.1, -0.05) is 12.1 Å². The molecule has 6 heteroatoms. The predicted molar refractivity (Wildman–Crippen MR) is 78.1 cm³/mol. The Kier molecular flexibility index (Phi) is 4.36. The summed E-state index contributed by atoms with van der Waals surface area (Å²) in [5, 5.41) is 22.9. The number of non-ortho nitro benzene ring substituents is 1. The number of nitro benzene ring substituents is 1. The van der Waals surface area contributed by atoms with E-state index in [9.17, 15) is 10.1 Å². The first-order valence-corrected chi connectivity index (χ1v) is 6.19. The molecule has 21 heavy (non-hydrogen) atoms. The van der Waals surface area contributed by atoms with E-state index in [1.807, 2.05) is 30.3 Å². The third kappa shape index (κ3) is 3.48. The van der Waals surface area contributed by atoms with Gasteiger partial charge in [-0.15, -0.1) is 0 Å². The molecule has 2 aromatic rings. The van der Waals surface area contributed by atoms with Gasteiger partial charge in [-0.05, 0) is 23.8 Å². The maximum absolute atomic E-state index is 10.7. The monoisotopic (exact) mass is 283 g/mol. The van der Waals surface area contributed by atoms with Crippen LogP contribution in [0, 0.1) is 21.4 Å². The zero-order valence-corrected chi connectivity index (χ0v) is 11.4. The Morgan fingerprint density at radius 1 is 1.33 bits per heavy atom. The average molecular weight is 283 g/mol. The number of ether oxygens (including phenoxy) is 1. The minimum atomic E-state index is -0.521. The molecule has 0 saturated carbocycles. The lowest BCUT2D eigenvalue weighted by Gasteiger charge is -2.09. The van der Waals surface area contributed by atoms with Crippen molar-refractivity contribution >= 4 is 11.4 Å². The molecular formula is C15H13N3O3. The topological polar surface area (TPSA) is 88.2 Å². The minimum absolute atomic E-state index is 0.0986. The maximum Gasteiger partial charge on any atom is 0.270 e. The normalized spacial score (nSPS) is 9.71. The minimum Gasteiger partial charge on any atom is -0.497 e. The van der Waals surface area contributed by atoms with Crippen LogP contribution in [0.25, 0.3) is 0 Å². The number of benzene rings is 2. The van der Waals surface area contributed by atoms with Crippen LogP contribution in [0.4, 0.5) is 11.4 Å². The molecule has 2 rings (SSSR count). The molecule has 6 nitrogen and oxygen atoms in total. The van der Waals surface area contributed by atoms with Crippen molar-refractivity contribution in [2.24, 2.45) is 0 Å². The number of nitro groups is 1. The van der Waals surface area contributed by atoms with Gasteiger partial charge in [-0.25, -0.2) is 0 Å². The van der Waals surface area contributed by atoms with Crippen LogP contribution in [-0.2, 0) is 6.54 Å². The fourth-order valence-electron chi connectivity index (χ4n) is 1.87. The van der Waals surface area contributed by atoms with Crippen molar-refractivity contribution in [1.29, 1.82) is 5.26 Å². The largest absolute Gasteiger partial charge is 0.497 e. The van der Waals surface area contributed by atoms with Gasteiger partial charge in [0.2, 0.25) is 0 Å². The van der Waals surface area contributed by atoms with Crippen molar-refractivity contribution in [2.45, 2.75) is 6.54 Å². The summed E-state index contributed by atoms with van der Waals surface area (Å²) in [5.74, 6) is 0.749. The predicted octanol–water partition coefficient (Wildman–Crippen LogP) is 3.09. The Morgan fingerprint density at radius 3 is 2.81 bits per heavy atom. The molecule has 0 radical (unpaired) electrons. The first kappa shape index (κ1) is 14.3. The quantitative estimate of drug-likeness (QED) is 0.673. The van der Waals surface area contributed by atoms with E-state index >= 15 is 0 Å². The standard InChI is InChI=1S/C15H13N3O3/c1-21-14-4-2-3-11(7-14)10-17-15-6-5-13(18(19)20)8-12(15)9-16/h2-8,17H,10H2,1H3. The summed E-state index contributed by atoms with van der Waals surface area (Å²) in [6.45, 7) is 0.490. The third-order valence-electron chi connectivity index (χ3n) is 2.95. The number of anilines is 1. The average Bonchev–Trinajstić information content (AvgIpc) is 2.52. The summed E-state index contributed by atoms with van der Waals surface area (Å²) < 4.78 is 5.14. The first-order valence-electron chi connectivity index (χ1n) is 6.19. The SMILES string of the molecule is COc1cccc(CNc2ccc([N+](=O)[O-])cc2C#N)c1. The molecule has 1 N–H and O–H groups in total. The summed E-state index contributed by atoms with van der Waals surface area (Å²) in [6, 6.07) is 13.6. The number of nitrogens with zero attached hydrogens (tertiary/aromatic N) is 2. The van der Waals surface area contributed by atoms with Gasteiger partial charge in [0, 0.05) is 18.7 Å². The summed E-state index contributed by atoms with van der Waals surface area (Å²) in [4.78, 5) is 10.2. The second-order valence-corrected chi connectivity index (χ2v) is 4.30. The molecule has 106 valence electrons. The Morgan fingerprint density at radius 2 is 2.14 bits per heavy atom. The Bertz CT molecular complexity index is 708. The highest BCUT2D eigenvalue weighted by Crippen LogP contribution is 2.22. The molecule has 0 bridgehead atoms. The Labute approximate surface area is 121 Å². The third-order valence-corrected chi connectivity index (χ3v) is 2.95. The Balaban J connectivity index is 2.16. The van der Waals surface area contributed by atoms with Crippen molar-refractivity contribution in [3.05, 3.63) is 63.7 Å². The lowest BCUT2D eigenvalue weighted by Crippen LogP contribution is -2.02. The van der Waals surface area contributed by atoms with Gasteiger partial charge in [-0.3, -0.25) is 10.1 Å². The number of rotatable bonds is 5. The molecule has 0 spiro atoms. The molecule has 0 aliphatic rings. The van der Waals surface area contributed by atoms with Gasteiger partial charge in [0.15, 0.2) is 0 Å². The van der Waals surface area contributed by atoms with Gasteiger partial charge in [-0.2, -0.15) is 5.26 Å². The second-order valence-electron chi connectivity index (χ2n) is 4.30. The number of methoxy groups -OCH3 is 1. The van der Waals surface area contributed by atoms with Gasteiger partial charge < -0.3 is 10.1 Å². The zero-order valence-electron chi connectivity index (χ0n) is 11.4. The Hall–Kier alpha value is -3.07. The molecule has 0 saturated heterocycles. The van der Waals surface area contributed by atoms with Crippen LogP contribution >= 0.6 is 0 Å². The molecule has 0 aliphatic heterocycles. The van der Waals surface area contributed by atoms with Crippen LogP contribution in [0.3, 0.4) is 0 Å². The molecule has 0 heterocycles. The molecule has 0 amide bonds. The van der Waals surface area contributed by atoms with Crippen LogP contribution in [0.15, 0.2) is 42.5 Å². The van der Waals surface area contributed by atoms with Crippen LogP contribution in [0.2, 0.25) is 0 Å². The highest BCUT2D eigenvalue weighted by atomic mass is 16.6. The molecule has 0 aliphatic carbocycles. The summed E-state index contributed by atoms with van der Waals surface area (Å²) >= 11 is 0. The van der Waals surface area contributed by atoms with Crippen molar-refractivity contribution in [1.82, 2.24) is 0 Å². The van der Waals surface area contributed by atoms with Gasteiger partial charge in [0.1, 0.15) is 11.8 Å². The molecular weight excluding hydrogens is 270 g/mol. The number of nitrogens with one attached hydrogen (secondary N) is 1. The van der Waals surface area contributed by atoms with Crippen molar-refractivity contribution in [3.63, 3.8) is 0 Å². The fraction of sp³-hybridized carbons (Fsp3) is 0.133. The van der Waals surface area contributed by atoms with Gasteiger partial charge in [0.05, 0.1) is 23.3 Å². The van der Waals surface area contributed by atoms with Gasteiger partial charge in [0.25, 0.3) is 5.69 Å². The molecule has 2 aromatic carbocycles. The van der Waals surface area contributed by atoms with Crippen molar-refractivity contribution < 1.29 is 9.66 Å². The molecule has 0 unspecified atom stereocenters. The number of hydrogen-bond acceptors (Lipinski definition) is 5. The fourth-order valence-corrected chi connectivity index (χ4v) is 1.87. The second kappa shape index (κ2) is 6.39. The maximum atomic E-state index is 10.7. The molecule has 0 atom stereocenters. The van der Waals surface area contributed by atoms with Crippen LogP contribution in [-0.4, -0.2) is 12.0 Å². The highest BCUT2D eigenvalue weighted by molar-refractivity contribution is 5.61. The molecule has 0 aromatic heterocycles. The number of nitriles is 1. The smallest absolute Gasteiger partial charge is 0.270 e. The van der Waals surface area contributed by atoms with E-state index in [0.717, 1.165) is 11.3 Å². The van der Waals surface area contributed by atoms with Gasteiger partial charge >= 0.3 is 0 Å². The van der Waals surface area contributed by atoms with Crippen molar-refractivity contribution in [2.75, 3.05) is 12.4 Å². The highest BCUT2D eigenvalue weighted by Gasteiger charge is 2.10. The van der Waals surface area contributed by atoms with E-state index in [0.29, 0.717) is 12.2 Å². The lowest BCUT2D eigenvalue weighted by atomic mass is 10.1. The lowest BCUT2D eigenvalue weighted by molar-refractivity contribution is -0.384. The zero-order chi connectivity index (χ0) is 15.2. The van der Waals surface area contributed by atoms with E-state index in [-0.39, 0.29) is 11.3 Å². The first-order chi connectivity index (χ1) is 10.1. The van der Waals surface area contributed by atoms with E-state index in [4.69, 9.17) is 10.00 Å². The van der Waals surface area contributed by atoms with E-state index in [2.05, 4.69) is 5.32 Å². The van der Waals surface area contributed by atoms with Crippen LogP contribution < -0.4 is 10.1 Å². The number of hydrogen-bond donors (Lipinski definition) is 1. The summed E-state index contributed by atoms with van der Waals surface area (Å²) in [5.41, 5.74) is 1.69. The summed E-state index contributed by atoms with van der Waals surface area (Å²) in [7, 11) is 1.59.